The van der Waals surface area contributed by atoms with Crippen LogP contribution in [0.25, 0.3) is 5.69 Å². The highest BCUT2D eigenvalue weighted by Crippen LogP contribution is 2.14. The van der Waals surface area contributed by atoms with E-state index in [2.05, 4.69) is 20.4 Å². The Labute approximate surface area is 149 Å². The van der Waals surface area contributed by atoms with E-state index in [1.165, 1.54) is 10.7 Å². The summed E-state index contributed by atoms with van der Waals surface area (Å²) in [6.45, 7) is 5.44. The molecule has 1 amide bonds. The van der Waals surface area contributed by atoms with Crippen LogP contribution in [0.5, 0.6) is 0 Å². The van der Waals surface area contributed by atoms with Gasteiger partial charge in [0.2, 0.25) is 5.91 Å². The van der Waals surface area contributed by atoms with Crippen LogP contribution in [0.15, 0.2) is 18.2 Å². The van der Waals surface area contributed by atoms with Crippen molar-refractivity contribution in [1.29, 1.82) is 0 Å². The second-order valence-electron chi connectivity index (χ2n) is 5.90. The first-order valence-electron chi connectivity index (χ1n) is 8.39. The maximum absolute atomic E-state index is 13.5. The summed E-state index contributed by atoms with van der Waals surface area (Å²) in [6.07, 6.45) is 0. The van der Waals surface area contributed by atoms with Gasteiger partial charge in [0, 0.05) is 38.9 Å². The molecule has 26 heavy (non-hydrogen) atoms. The van der Waals surface area contributed by atoms with Gasteiger partial charge < -0.3 is 9.64 Å². The van der Waals surface area contributed by atoms with E-state index >= 15 is 0 Å². The lowest BCUT2D eigenvalue weighted by molar-refractivity contribution is -0.137. The third kappa shape index (κ3) is 4.20. The predicted octanol–water partition coefficient (Wildman–Crippen LogP) is 0.621. The van der Waals surface area contributed by atoms with Gasteiger partial charge in [-0.3, -0.25) is 9.69 Å². The number of nitrogens with zero attached hydrogens (tertiary/aromatic N) is 6. The first-order chi connectivity index (χ1) is 12.6. The number of aromatic nitrogens is 4. The van der Waals surface area contributed by atoms with Gasteiger partial charge in [-0.1, -0.05) is 0 Å². The molecule has 3 rings (SSSR count). The number of piperazine rings is 1. The van der Waals surface area contributed by atoms with E-state index < -0.39 is 11.6 Å². The average Bonchev–Trinajstić information content (AvgIpc) is 3.10. The summed E-state index contributed by atoms with van der Waals surface area (Å²) in [6, 6.07) is 3.51. The lowest BCUT2D eigenvalue weighted by Crippen LogP contribution is -2.49. The van der Waals surface area contributed by atoms with E-state index in [0.717, 1.165) is 12.1 Å². The molecule has 0 atom stereocenters. The van der Waals surface area contributed by atoms with Crippen LogP contribution in [-0.4, -0.2) is 75.3 Å². The summed E-state index contributed by atoms with van der Waals surface area (Å²) < 4.78 is 33.1. The number of carbonyl (C=O) groups excluding carboxylic acids is 1. The van der Waals surface area contributed by atoms with E-state index in [-0.39, 0.29) is 12.5 Å². The van der Waals surface area contributed by atoms with E-state index in [4.69, 9.17) is 4.74 Å². The van der Waals surface area contributed by atoms with Gasteiger partial charge in [-0.15, -0.1) is 5.10 Å². The number of hydrogen-bond donors (Lipinski definition) is 0. The standard InChI is InChI=1S/C16H20F2N6O2/c1-2-26-11-16(25)23-7-5-22(6-8-23)10-15-19-20-21-24(15)12-3-4-13(17)14(18)9-12/h3-4,9H,2,5-8,10-11H2,1H3. The molecule has 2 heterocycles. The summed E-state index contributed by atoms with van der Waals surface area (Å²) in [4.78, 5) is 15.8. The lowest BCUT2D eigenvalue weighted by Gasteiger charge is -2.34. The molecule has 1 saturated heterocycles. The quantitative estimate of drug-likeness (QED) is 0.746. The van der Waals surface area contributed by atoms with E-state index in [1.54, 1.807) is 4.90 Å². The maximum atomic E-state index is 13.5. The Morgan fingerprint density at radius 3 is 2.65 bits per heavy atom. The SMILES string of the molecule is CCOCC(=O)N1CCN(Cc2nnnn2-c2ccc(F)c(F)c2)CC1. The Morgan fingerprint density at radius 2 is 1.96 bits per heavy atom. The topological polar surface area (TPSA) is 76.4 Å². The molecule has 1 aliphatic rings. The molecule has 140 valence electrons. The summed E-state index contributed by atoms with van der Waals surface area (Å²) in [7, 11) is 0. The van der Waals surface area contributed by atoms with Crippen molar-refractivity contribution in [2.24, 2.45) is 0 Å². The molecular weight excluding hydrogens is 346 g/mol. The van der Waals surface area contributed by atoms with Crippen LogP contribution < -0.4 is 0 Å². The van der Waals surface area contributed by atoms with Crippen molar-refractivity contribution in [2.45, 2.75) is 13.5 Å². The average molecular weight is 366 g/mol. The Hall–Kier alpha value is -2.46. The van der Waals surface area contributed by atoms with Gasteiger partial charge >= 0.3 is 0 Å². The fourth-order valence-electron chi connectivity index (χ4n) is 2.76. The van der Waals surface area contributed by atoms with Crippen molar-refractivity contribution in [1.82, 2.24) is 30.0 Å². The highest BCUT2D eigenvalue weighted by molar-refractivity contribution is 5.77. The van der Waals surface area contributed by atoms with Crippen LogP contribution in [0.4, 0.5) is 8.78 Å². The summed E-state index contributed by atoms with van der Waals surface area (Å²) in [5, 5.41) is 11.5. The minimum absolute atomic E-state index is 0.0156. The van der Waals surface area contributed by atoms with Crippen molar-refractivity contribution in [2.75, 3.05) is 39.4 Å². The number of hydrogen-bond acceptors (Lipinski definition) is 6. The maximum Gasteiger partial charge on any atom is 0.248 e. The number of ether oxygens (including phenoxy) is 1. The van der Waals surface area contributed by atoms with Crippen LogP contribution >= 0.6 is 0 Å². The molecule has 10 heteroatoms. The minimum atomic E-state index is -0.953. The van der Waals surface area contributed by atoms with Crippen molar-refractivity contribution in [3.8, 4) is 5.69 Å². The fourth-order valence-corrected chi connectivity index (χ4v) is 2.76. The van der Waals surface area contributed by atoms with Crippen LogP contribution in [0.2, 0.25) is 0 Å². The van der Waals surface area contributed by atoms with Crippen LogP contribution in [-0.2, 0) is 16.1 Å². The predicted molar refractivity (Wildman–Crippen MR) is 87.4 cm³/mol. The van der Waals surface area contributed by atoms with Crippen LogP contribution in [0, 0.1) is 11.6 Å². The van der Waals surface area contributed by atoms with Gasteiger partial charge in [0.15, 0.2) is 17.5 Å². The van der Waals surface area contributed by atoms with Gasteiger partial charge in [0.1, 0.15) is 6.61 Å². The number of tetrazole rings is 1. The molecule has 1 aromatic carbocycles. The molecule has 8 nitrogen and oxygen atoms in total. The van der Waals surface area contributed by atoms with Crippen molar-refractivity contribution < 1.29 is 18.3 Å². The lowest BCUT2D eigenvalue weighted by atomic mass is 10.3. The Kier molecular flexibility index (Phi) is 5.84. The Morgan fingerprint density at radius 1 is 1.19 bits per heavy atom. The number of carbonyl (C=O) groups is 1. The molecule has 0 saturated carbocycles. The highest BCUT2D eigenvalue weighted by Gasteiger charge is 2.23. The number of benzene rings is 1. The molecule has 1 aliphatic heterocycles. The zero-order valence-corrected chi connectivity index (χ0v) is 14.4. The third-order valence-electron chi connectivity index (χ3n) is 4.20. The van der Waals surface area contributed by atoms with E-state index in [9.17, 15) is 13.6 Å². The Bertz CT molecular complexity index is 761. The normalized spacial score (nSPS) is 15.4. The summed E-state index contributed by atoms with van der Waals surface area (Å²) in [5.74, 6) is -1.37. The van der Waals surface area contributed by atoms with Gasteiger partial charge in [0.05, 0.1) is 12.2 Å². The van der Waals surface area contributed by atoms with Gasteiger partial charge in [-0.05, 0) is 29.5 Å². The number of amides is 1. The van der Waals surface area contributed by atoms with Gasteiger partial charge in [-0.25, -0.2) is 8.78 Å². The van der Waals surface area contributed by atoms with Gasteiger partial charge in [-0.2, -0.15) is 4.68 Å². The Balaban J connectivity index is 1.60. The molecule has 1 fully saturated rings. The van der Waals surface area contributed by atoms with Crippen LogP contribution in [0.3, 0.4) is 0 Å². The zero-order chi connectivity index (χ0) is 18.5. The molecule has 0 bridgehead atoms. The molecule has 0 aliphatic carbocycles. The first-order valence-corrected chi connectivity index (χ1v) is 8.39. The number of halogens is 2. The molecule has 0 radical (unpaired) electrons. The molecule has 0 spiro atoms. The fraction of sp³-hybridized carbons (Fsp3) is 0.500. The van der Waals surface area contributed by atoms with Crippen LogP contribution in [0.1, 0.15) is 12.7 Å². The smallest absolute Gasteiger partial charge is 0.248 e. The first kappa shape index (κ1) is 18.3. The molecule has 0 unspecified atom stereocenters. The summed E-state index contributed by atoms with van der Waals surface area (Å²) >= 11 is 0. The van der Waals surface area contributed by atoms with Crippen molar-refractivity contribution in [3.05, 3.63) is 35.7 Å². The van der Waals surface area contributed by atoms with Crippen molar-refractivity contribution >= 4 is 5.91 Å². The third-order valence-corrected chi connectivity index (χ3v) is 4.20. The second kappa shape index (κ2) is 8.28. The molecule has 2 aromatic rings. The molecule has 1 aromatic heterocycles. The van der Waals surface area contributed by atoms with Gasteiger partial charge in [0.25, 0.3) is 0 Å². The molecular formula is C16H20F2N6O2. The monoisotopic (exact) mass is 366 g/mol. The van der Waals surface area contributed by atoms with E-state index in [1.807, 2.05) is 6.92 Å². The highest BCUT2D eigenvalue weighted by atomic mass is 19.2. The number of rotatable bonds is 6. The zero-order valence-electron chi connectivity index (χ0n) is 14.4. The van der Waals surface area contributed by atoms with Crippen molar-refractivity contribution in [3.63, 3.8) is 0 Å². The largest absolute Gasteiger partial charge is 0.372 e. The second-order valence-corrected chi connectivity index (χ2v) is 5.90. The molecule has 0 N–H and O–H groups in total. The summed E-state index contributed by atoms with van der Waals surface area (Å²) in [5.41, 5.74) is 0.356. The van der Waals surface area contributed by atoms with E-state index in [0.29, 0.717) is 50.8 Å². The minimum Gasteiger partial charge on any atom is -0.372 e.